The van der Waals surface area contributed by atoms with Crippen molar-refractivity contribution in [2.45, 2.75) is 65.0 Å². The van der Waals surface area contributed by atoms with Crippen LogP contribution in [0.3, 0.4) is 0 Å². The molecule has 1 saturated carbocycles. The number of rotatable bonds is 5. The van der Waals surface area contributed by atoms with Gasteiger partial charge in [0.15, 0.2) is 6.10 Å². The van der Waals surface area contributed by atoms with E-state index in [-0.39, 0.29) is 18.4 Å². The first-order valence-electron chi connectivity index (χ1n) is 9.40. The molecule has 0 saturated heterocycles. The van der Waals surface area contributed by atoms with E-state index in [0.29, 0.717) is 5.92 Å². The summed E-state index contributed by atoms with van der Waals surface area (Å²) in [5.41, 5.74) is 2.63. The van der Waals surface area contributed by atoms with Crippen LogP contribution in [0.1, 0.15) is 50.7 Å². The maximum atomic E-state index is 12.3. The number of fused-ring (bicyclic) bond motifs is 1. The quantitative estimate of drug-likeness (QED) is 0.824. The van der Waals surface area contributed by atoms with Crippen molar-refractivity contribution in [3.63, 3.8) is 0 Å². The Balaban J connectivity index is 1.55. The first-order chi connectivity index (χ1) is 12.4. The van der Waals surface area contributed by atoms with Gasteiger partial charge in [-0.1, -0.05) is 31.9 Å². The Labute approximate surface area is 154 Å². The maximum Gasteiger partial charge on any atom is 0.311 e. The summed E-state index contributed by atoms with van der Waals surface area (Å²) < 4.78 is 10.9. The molecule has 2 aromatic rings. The molecule has 1 aromatic carbocycles. The van der Waals surface area contributed by atoms with E-state index in [1.54, 1.807) is 13.2 Å². The van der Waals surface area contributed by atoms with Crippen LogP contribution >= 0.6 is 0 Å². The van der Waals surface area contributed by atoms with E-state index in [4.69, 9.17) is 9.15 Å². The van der Waals surface area contributed by atoms with Gasteiger partial charge in [0.1, 0.15) is 5.58 Å². The lowest BCUT2D eigenvalue weighted by molar-refractivity contribution is -0.154. The number of hydrogen-bond donors (Lipinski definition) is 1. The van der Waals surface area contributed by atoms with Crippen molar-refractivity contribution in [1.29, 1.82) is 0 Å². The zero-order valence-corrected chi connectivity index (χ0v) is 15.7. The molecule has 140 valence electrons. The summed E-state index contributed by atoms with van der Waals surface area (Å²) >= 11 is 0. The Morgan fingerprint density at radius 1 is 1.31 bits per heavy atom. The lowest BCUT2D eigenvalue weighted by atomic mass is 9.86. The third-order valence-electron chi connectivity index (χ3n) is 5.26. The second-order valence-corrected chi connectivity index (χ2v) is 7.45. The van der Waals surface area contributed by atoms with E-state index < -0.39 is 12.1 Å². The number of hydrogen-bond acceptors (Lipinski definition) is 4. The summed E-state index contributed by atoms with van der Waals surface area (Å²) in [7, 11) is 0. The van der Waals surface area contributed by atoms with Crippen molar-refractivity contribution in [2.75, 3.05) is 0 Å². The minimum Gasteiger partial charge on any atom is -0.464 e. The van der Waals surface area contributed by atoms with E-state index in [1.165, 1.54) is 6.42 Å². The normalized spacial score (nSPS) is 21.3. The minimum absolute atomic E-state index is 0.0908. The van der Waals surface area contributed by atoms with E-state index >= 15 is 0 Å². The highest BCUT2D eigenvalue weighted by molar-refractivity contribution is 5.88. The number of esters is 1. The van der Waals surface area contributed by atoms with Crippen LogP contribution in [0.25, 0.3) is 11.0 Å². The first kappa shape index (κ1) is 18.5. The lowest BCUT2D eigenvalue weighted by Gasteiger charge is -2.30. The fourth-order valence-corrected chi connectivity index (χ4v) is 3.61. The van der Waals surface area contributed by atoms with Gasteiger partial charge < -0.3 is 14.5 Å². The minimum atomic E-state index is -0.794. The number of benzene rings is 1. The van der Waals surface area contributed by atoms with Gasteiger partial charge in [-0.15, -0.1) is 0 Å². The molecule has 1 aliphatic carbocycles. The van der Waals surface area contributed by atoms with Gasteiger partial charge in [-0.2, -0.15) is 0 Å². The monoisotopic (exact) mass is 357 g/mol. The highest BCUT2D eigenvalue weighted by Gasteiger charge is 2.26. The first-order valence-corrected chi connectivity index (χ1v) is 9.40. The SMILES string of the molecule is Cc1ccc2c(CC(=O)O[C@H](C)C(=O)N[C@@H]3CCCC[C@@H]3C)coc2c1. The molecule has 1 aromatic heterocycles. The molecule has 1 N–H and O–H groups in total. The van der Waals surface area contributed by atoms with Gasteiger partial charge in [-0.25, -0.2) is 0 Å². The van der Waals surface area contributed by atoms with E-state index in [0.717, 1.165) is 41.4 Å². The van der Waals surface area contributed by atoms with Crippen LogP contribution < -0.4 is 5.32 Å². The molecule has 5 heteroatoms. The fraction of sp³-hybridized carbons (Fsp3) is 0.524. The molecule has 1 aliphatic rings. The molecule has 0 unspecified atom stereocenters. The van der Waals surface area contributed by atoms with Gasteiger partial charge in [-0.05, 0) is 44.2 Å². The number of ether oxygens (including phenoxy) is 1. The van der Waals surface area contributed by atoms with Crippen LogP contribution in [0.5, 0.6) is 0 Å². The molecule has 3 rings (SSSR count). The number of aryl methyl sites for hydroxylation is 1. The van der Waals surface area contributed by atoms with Crippen molar-refractivity contribution in [1.82, 2.24) is 5.32 Å². The second-order valence-electron chi connectivity index (χ2n) is 7.45. The van der Waals surface area contributed by atoms with Gasteiger partial charge in [0.2, 0.25) is 0 Å². The summed E-state index contributed by atoms with van der Waals surface area (Å²) in [6.07, 6.45) is 5.36. The van der Waals surface area contributed by atoms with Gasteiger partial charge >= 0.3 is 5.97 Å². The summed E-state index contributed by atoms with van der Waals surface area (Å²) in [5.74, 6) is -0.172. The predicted octanol–water partition coefficient (Wildman–Crippen LogP) is 3.91. The average molecular weight is 357 g/mol. The second kappa shape index (κ2) is 7.94. The number of carbonyl (C=O) groups is 2. The molecule has 1 fully saturated rings. The lowest BCUT2D eigenvalue weighted by Crippen LogP contribution is -2.46. The van der Waals surface area contributed by atoms with Crippen molar-refractivity contribution >= 4 is 22.8 Å². The summed E-state index contributed by atoms with van der Waals surface area (Å²) in [4.78, 5) is 24.6. The summed E-state index contributed by atoms with van der Waals surface area (Å²) in [5, 5.41) is 3.94. The Hall–Kier alpha value is -2.30. The Morgan fingerprint density at radius 2 is 2.08 bits per heavy atom. The third-order valence-corrected chi connectivity index (χ3v) is 5.26. The van der Waals surface area contributed by atoms with E-state index in [9.17, 15) is 9.59 Å². The molecule has 5 nitrogen and oxygen atoms in total. The third kappa shape index (κ3) is 4.26. The molecule has 0 spiro atoms. The van der Waals surface area contributed by atoms with Crippen LogP contribution in [-0.2, 0) is 20.7 Å². The fourth-order valence-electron chi connectivity index (χ4n) is 3.61. The van der Waals surface area contributed by atoms with Crippen molar-refractivity contribution in [3.8, 4) is 0 Å². The van der Waals surface area contributed by atoms with Crippen LogP contribution in [0.2, 0.25) is 0 Å². The van der Waals surface area contributed by atoms with Crippen LogP contribution in [0.15, 0.2) is 28.9 Å². The Morgan fingerprint density at radius 3 is 2.85 bits per heavy atom. The smallest absolute Gasteiger partial charge is 0.311 e. The Bertz CT molecular complexity index is 794. The molecule has 3 atom stereocenters. The van der Waals surface area contributed by atoms with Gasteiger partial charge in [0.05, 0.1) is 12.7 Å². The number of carbonyl (C=O) groups excluding carboxylic acids is 2. The molecule has 1 heterocycles. The topological polar surface area (TPSA) is 68.5 Å². The molecule has 0 bridgehead atoms. The molecule has 0 aliphatic heterocycles. The molecule has 26 heavy (non-hydrogen) atoms. The van der Waals surface area contributed by atoms with Gasteiger partial charge in [0.25, 0.3) is 5.91 Å². The zero-order valence-electron chi connectivity index (χ0n) is 15.7. The van der Waals surface area contributed by atoms with Gasteiger partial charge in [0, 0.05) is 17.0 Å². The highest BCUT2D eigenvalue weighted by Crippen LogP contribution is 2.24. The van der Waals surface area contributed by atoms with E-state index in [1.807, 2.05) is 25.1 Å². The van der Waals surface area contributed by atoms with Crippen LogP contribution in [0.4, 0.5) is 0 Å². The van der Waals surface area contributed by atoms with Crippen LogP contribution in [-0.4, -0.2) is 24.0 Å². The van der Waals surface area contributed by atoms with Crippen molar-refractivity contribution in [2.24, 2.45) is 5.92 Å². The standard InChI is InChI=1S/C21H27NO4/c1-13-8-9-17-16(12-25-19(17)10-13)11-20(23)26-15(3)21(24)22-18-7-5-4-6-14(18)2/h8-10,12,14-15,18H,4-7,11H2,1-3H3,(H,22,24)/t14-,15+,18+/m0/s1. The zero-order chi connectivity index (χ0) is 18.7. The average Bonchev–Trinajstić information content (AvgIpc) is 2.98. The van der Waals surface area contributed by atoms with Gasteiger partial charge in [-0.3, -0.25) is 9.59 Å². The maximum absolute atomic E-state index is 12.3. The summed E-state index contributed by atoms with van der Waals surface area (Å²) in [6, 6.07) is 6.04. The Kier molecular flexibility index (Phi) is 5.64. The van der Waals surface area contributed by atoms with Crippen LogP contribution in [0, 0.1) is 12.8 Å². The number of nitrogens with one attached hydrogen (secondary N) is 1. The van der Waals surface area contributed by atoms with E-state index in [2.05, 4.69) is 12.2 Å². The molecule has 0 radical (unpaired) electrons. The predicted molar refractivity (Wildman–Crippen MR) is 99.8 cm³/mol. The number of furan rings is 1. The largest absolute Gasteiger partial charge is 0.464 e. The summed E-state index contributed by atoms with van der Waals surface area (Å²) in [6.45, 7) is 5.77. The molecular formula is C21H27NO4. The molecule has 1 amide bonds. The van der Waals surface area contributed by atoms with Crippen molar-refractivity contribution in [3.05, 3.63) is 35.6 Å². The highest BCUT2D eigenvalue weighted by atomic mass is 16.5. The number of amides is 1. The molecular weight excluding hydrogens is 330 g/mol. The van der Waals surface area contributed by atoms with Crippen molar-refractivity contribution < 1.29 is 18.7 Å².